The molecule has 2 N–H and O–H groups in total. The smallest absolute Gasteiger partial charge is 0.428 e. The second-order valence-electron chi connectivity index (χ2n) is 10.4. The summed E-state index contributed by atoms with van der Waals surface area (Å²) in [6.07, 6.45) is 2.55. The van der Waals surface area contributed by atoms with Crippen molar-refractivity contribution in [3.63, 3.8) is 0 Å². The van der Waals surface area contributed by atoms with Crippen LogP contribution in [0.2, 0.25) is 10.0 Å². The summed E-state index contributed by atoms with van der Waals surface area (Å²) in [5.41, 5.74) is 4.26. The fourth-order valence-electron chi connectivity index (χ4n) is 3.91. The van der Waals surface area contributed by atoms with Crippen LogP contribution >= 0.6 is 23.2 Å². The van der Waals surface area contributed by atoms with E-state index in [1.807, 2.05) is 27.0 Å². The highest BCUT2D eigenvalue weighted by Gasteiger charge is 2.25. The van der Waals surface area contributed by atoms with E-state index in [4.69, 9.17) is 23.2 Å². The molecule has 0 fully saturated rings. The number of amides is 3. The lowest BCUT2D eigenvalue weighted by Crippen LogP contribution is -2.43. The lowest BCUT2D eigenvalue weighted by atomic mass is 9.93. The quantitative estimate of drug-likeness (QED) is 0.304. The SMILES string of the molecule is COC(=O)N(C)NC(=O)c1cc(Cl)cc(C)c1NC(=O)c1cc(Cn2cc(C(C)(C)C)nn2)nn1-c1ncccc1Cl. The summed E-state index contributed by atoms with van der Waals surface area (Å²) < 4.78 is 7.56. The molecule has 15 heteroatoms. The standard InChI is InChI=1S/C27H29Cl2N9O4/c1-15-10-16(28)11-18(24(39)34-36(5)26(41)42-6)22(15)31-25(40)20-12-17(13-37-14-21(32-35-37)27(2,3)4)33-38(20)23-19(29)8-7-9-30-23/h7-12,14H,13H2,1-6H3,(H,31,40)(H,34,39). The molecule has 4 aromatic rings. The summed E-state index contributed by atoms with van der Waals surface area (Å²) in [5, 5.41) is 17.2. The van der Waals surface area contributed by atoms with Crippen LogP contribution in [0.3, 0.4) is 0 Å². The number of pyridine rings is 1. The van der Waals surface area contributed by atoms with E-state index in [1.54, 1.807) is 35.9 Å². The van der Waals surface area contributed by atoms with Crippen molar-refractivity contribution in [1.29, 1.82) is 0 Å². The highest BCUT2D eigenvalue weighted by atomic mass is 35.5. The second kappa shape index (κ2) is 12.2. The van der Waals surface area contributed by atoms with Gasteiger partial charge in [0.05, 0.1) is 41.3 Å². The first-order valence-electron chi connectivity index (χ1n) is 12.6. The number of aryl methyl sites for hydroxylation is 1. The van der Waals surface area contributed by atoms with E-state index in [-0.39, 0.29) is 44.8 Å². The number of hydrogen-bond donors (Lipinski definition) is 2. The third-order valence-electron chi connectivity index (χ3n) is 6.06. The number of ether oxygens (including phenoxy) is 1. The van der Waals surface area contributed by atoms with Gasteiger partial charge >= 0.3 is 6.09 Å². The van der Waals surface area contributed by atoms with Gasteiger partial charge in [0.15, 0.2) is 5.82 Å². The number of anilines is 1. The van der Waals surface area contributed by atoms with Gasteiger partial charge in [0.25, 0.3) is 11.8 Å². The van der Waals surface area contributed by atoms with Crippen LogP contribution in [0.4, 0.5) is 10.5 Å². The molecule has 0 atom stereocenters. The number of hydrogen-bond acceptors (Lipinski definition) is 8. The van der Waals surface area contributed by atoms with Crippen molar-refractivity contribution >= 4 is 46.8 Å². The molecule has 0 saturated carbocycles. The first-order chi connectivity index (χ1) is 19.8. The Morgan fingerprint density at radius 1 is 1.12 bits per heavy atom. The Morgan fingerprint density at radius 3 is 2.50 bits per heavy atom. The van der Waals surface area contributed by atoms with E-state index in [0.717, 1.165) is 10.7 Å². The minimum Gasteiger partial charge on any atom is -0.452 e. The maximum atomic E-state index is 13.8. The van der Waals surface area contributed by atoms with Gasteiger partial charge in [0, 0.05) is 29.9 Å². The number of aromatic nitrogens is 6. The molecule has 0 aliphatic rings. The molecule has 0 unspecified atom stereocenters. The molecule has 0 spiro atoms. The third kappa shape index (κ3) is 6.69. The molecule has 220 valence electrons. The summed E-state index contributed by atoms with van der Waals surface area (Å²) in [5.74, 6) is -1.08. The molecule has 13 nitrogen and oxygen atoms in total. The van der Waals surface area contributed by atoms with Crippen LogP contribution in [0.5, 0.6) is 0 Å². The van der Waals surface area contributed by atoms with Crippen molar-refractivity contribution in [2.75, 3.05) is 19.5 Å². The fourth-order valence-corrected chi connectivity index (χ4v) is 4.38. The Labute approximate surface area is 251 Å². The Hall–Kier alpha value is -4.49. The summed E-state index contributed by atoms with van der Waals surface area (Å²) in [7, 11) is 2.49. The number of carbonyl (C=O) groups is 3. The molecule has 1 aromatic carbocycles. The first kappa shape index (κ1) is 30.5. The van der Waals surface area contributed by atoms with Gasteiger partial charge < -0.3 is 10.1 Å². The molecule has 42 heavy (non-hydrogen) atoms. The van der Waals surface area contributed by atoms with E-state index in [0.29, 0.717) is 11.3 Å². The maximum Gasteiger partial charge on any atom is 0.428 e. The Balaban J connectivity index is 1.72. The molecule has 3 heterocycles. The number of nitrogens with zero attached hydrogens (tertiary/aromatic N) is 7. The molecule has 0 aliphatic carbocycles. The van der Waals surface area contributed by atoms with Crippen molar-refractivity contribution in [2.24, 2.45) is 0 Å². The maximum absolute atomic E-state index is 13.8. The number of nitrogens with one attached hydrogen (secondary N) is 2. The fraction of sp³-hybridized carbons (Fsp3) is 0.296. The number of hydrazine groups is 1. The van der Waals surface area contributed by atoms with Gasteiger partial charge in [-0.3, -0.25) is 15.0 Å². The molecule has 3 amide bonds. The molecule has 0 radical (unpaired) electrons. The minimum absolute atomic E-state index is 0.0172. The van der Waals surface area contributed by atoms with E-state index < -0.39 is 17.9 Å². The van der Waals surface area contributed by atoms with Crippen molar-refractivity contribution in [1.82, 2.24) is 40.2 Å². The zero-order valence-corrected chi connectivity index (χ0v) is 25.3. The normalized spacial score (nSPS) is 11.2. The highest BCUT2D eigenvalue weighted by Crippen LogP contribution is 2.28. The lowest BCUT2D eigenvalue weighted by molar-refractivity contribution is 0.0767. The Morgan fingerprint density at radius 2 is 1.86 bits per heavy atom. The number of halogens is 2. The molecular weight excluding hydrogens is 585 g/mol. The van der Waals surface area contributed by atoms with Crippen LogP contribution in [-0.4, -0.2) is 66.8 Å². The van der Waals surface area contributed by atoms with Crippen molar-refractivity contribution < 1.29 is 19.1 Å². The van der Waals surface area contributed by atoms with Gasteiger partial charge in [0.2, 0.25) is 0 Å². The first-order valence-corrected chi connectivity index (χ1v) is 13.4. The predicted octanol–water partition coefficient (Wildman–Crippen LogP) is 4.42. The summed E-state index contributed by atoms with van der Waals surface area (Å²) in [6.45, 7) is 7.99. The van der Waals surface area contributed by atoms with Crippen molar-refractivity contribution in [3.05, 3.63) is 81.0 Å². The van der Waals surface area contributed by atoms with E-state index >= 15 is 0 Å². The molecule has 0 saturated heterocycles. The monoisotopic (exact) mass is 613 g/mol. The summed E-state index contributed by atoms with van der Waals surface area (Å²) >= 11 is 12.7. The van der Waals surface area contributed by atoms with Crippen molar-refractivity contribution in [2.45, 2.75) is 39.7 Å². The van der Waals surface area contributed by atoms with E-state index in [1.165, 1.54) is 31.1 Å². The number of benzene rings is 1. The van der Waals surface area contributed by atoms with Gasteiger partial charge in [-0.05, 0) is 42.8 Å². The number of carbonyl (C=O) groups excluding carboxylic acids is 3. The van der Waals surface area contributed by atoms with Gasteiger partial charge in [-0.15, -0.1) is 5.10 Å². The van der Waals surface area contributed by atoms with Gasteiger partial charge in [-0.2, -0.15) is 5.10 Å². The topological polar surface area (TPSA) is 149 Å². The average Bonchev–Trinajstić information content (AvgIpc) is 3.57. The second-order valence-corrected chi connectivity index (χ2v) is 11.2. The van der Waals surface area contributed by atoms with Crippen LogP contribution in [0, 0.1) is 6.92 Å². The third-order valence-corrected chi connectivity index (χ3v) is 6.58. The molecule has 0 aliphatic heterocycles. The number of methoxy groups -OCH3 is 1. The Bertz CT molecular complexity index is 1660. The van der Waals surface area contributed by atoms with Gasteiger partial charge in [-0.1, -0.05) is 49.2 Å². The van der Waals surface area contributed by atoms with Gasteiger partial charge in [-0.25, -0.2) is 24.2 Å². The predicted molar refractivity (Wildman–Crippen MR) is 156 cm³/mol. The van der Waals surface area contributed by atoms with Crippen LogP contribution < -0.4 is 10.7 Å². The molecule has 3 aromatic heterocycles. The summed E-state index contributed by atoms with van der Waals surface area (Å²) in [4.78, 5) is 43.0. The number of rotatable bonds is 6. The molecular formula is C27H29Cl2N9O4. The largest absolute Gasteiger partial charge is 0.452 e. The van der Waals surface area contributed by atoms with Crippen LogP contribution in [-0.2, 0) is 16.7 Å². The Kier molecular flexibility index (Phi) is 8.83. The summed E-state index contributed by atoms with van der Waals surface area (Å²) in [6, 6.07) is 7.83. The van der Waals surface area contributed by atoms with E-state index in [9.17, 15) is 14.4 Å². The average molecular weight is 614 g/mol. The highest BCUT2D eigenvalue weighted by molar-refractivity contribution is 6.32. The van der Waals surface area contributed by atoms with Gasteiger partial charge in [0.1, 0.15) is 5.69 Å². The van der Waals surface area contributed by atoms with Crippen LogP contribution in [0.25, 0.3) is 5.82 Å². The minimum atomic E-state index is -0.793. The zero-order chi connectivity index (χ0) is 30.8. The lowest BCUT2D eigenvalue weighted by Gasteiger charge is -2.19. The van der Waals surface area contributed by atoms with E-state index in [2.05, 4.69) is 35.9 Å². The van der Waals surface area contributed by atoms with Crippen LogP contribution in [0.15, 0.2) is 42.7 Å². The molecule has 0 bridgehead atoms. The zero-order valence-electron chi connectivity index (χ0n) is 23.8. The van der Waals surface area contributed by atoms with Crippen molar-refractivity contribution in [3.8, 4) is 5.82 Å². The molecule has 4 rings (SSSR count). The van der Waals surface area contributed by atoms with Crippen LogP contribution in [0.1, 0.15) is 58.6 Å².